The van der Waals surface area contributed by atoms with E-state index in [2.05, 4.69) is 33.0 Å². The summed E-state index contributed by atoms with van der Waals surface area (Å²) in [7, 11) is 0. The molecule has 142 valence electrons. The van der Waals surface area contributed by atoms with E-state index in [1.54, 1.807) is 6.20 Å². The smallest absolute Gasteiger partial charge is 0.226 e. The zero-order valence-corrected chi connectivity index (χ0v) is 15.9. The number of carbonyl (C=O) groups excluding carboxylic acids is 1. The Morgan fingerprint density at radius 1 is 1.15 bits per heavy atom. The summed E-state index contributed by atoms with van der Waals surface area (Å²) in [6, 6.07) is 12.4. The molecular weight excluding hydrogens is 338 g/mol. The van der Waals surface area contributed by atoms with Gasteiger partial charge in [-0.2, -0.15) is 0 Å². The lowest BCUT2D eigenvalue weighted by Gasteiger charge is -2.35. The van der Waals surface area contributed by atoms with Gasteiger partial charge in [0.25, 0.3) is 0 Å². The van der Waals surface area contributed by atoms with Crippen molar-refractivity contribution in [3.63, 3.8) is 0 Å². The summed E-state index contributed by atoms with van der Waals surface area (Å²) in [5, 5.41) is 0. The van der Waals surface area contributed by atoms with Crippen LogP contribution in [0.25, 0.3) is 0 Å². The number of amides is 1. The Kier molecular flexibility index (Phi) is 5.39. The van der Waals surface area contributed by atoms with Gasteiger partial charge in [0.05, 0.1) is 6.61 Å². The molecule has 27 heavy (non-hydrogen) atoms. The van der Waals surface area contributed by atoms with Crippen LogP contribution >= 0.6 is 0 Å². The van der Waals surface area contributed by atoms with Crippen molar-refractivity contribution >= 4 is 5.91 Å². The number of ether oxygens (including phenoxy) is 1. The van der Waals surface area contributed by atoms with Crippen LogP contribution < -0.4 is 4.74 Å². The van der Waals surface area contributed by atoms with Crippen molar-refractivity contribution in [1.82, 2.24) is 14.8 Å². The SMILES string of the molecule is CCOc1ccc(CN2CCN(C(=O)[C@H]3C[C@@H]3c3cccnc3)CC2)cc1. The summed E-state index contributed by atoms with van der Waals surface area (Å²) < 4.78 is 5.50. The number of carbonyl (C=O) groups is 1. The fourth-order valence-corrected chi connectivity index (χ4v) is 3.91. The van der Waals surface area contributed by atoms with Crippen molar-refractivity contribution in [2.24, 2.45) is 5.92 Å². The fraction of sp³-hybridized carbons (Fsp3) is 0.455. The van der Waals surface area contributed by atoms with E-state index in [1.165, 1.54) is 11.1 Å². The molecule has 1 amide bonds. The molecule has 1 saturated carbocycles. The topological polar surface area (TPSA) is 45.7 Å². The van der Waals surface area contributed by atoms with Crippen LogP contribution in [0.1, 0.15) is 30.4 Å². The van der Waals surface area contributed by atoms with Crippen molar-refractivity contribution in [3.05, 3.63) is 59.9 Å². The molecule has 1 aromatic heterocycles. The van der Waals surface area contributed by atoms with Gasteiger partial charge >= 0.3 is 0 Å². The minimum absolute atomic E-state index is 0.159. The molecule has 0 N–H and O–H groups in total. The molecule has 2 heterocycles. The molecule has 2 aliphatic rings. The molecule has 2 aromatic rings. The van der Waals surface area contributed by atoms with Crippen LogP contribution in [0.3, 0.4) is 0 Å². The van der Waals surface area contributed by atoms with Crippen molar-refractivity contribution in [2.45, 2.75) is 25.8 Å². The van der Waals surface area contributed by atoms with Gasteiger partial charge in [-0.1, -0.05) is 18.2 Å². The Morgan fingerprint density at radius 2 is 1.93 bits per heavy atom. The van der Waals surface area contributed by atoms with Crippen LogP contribution in [-0.2, 0) is 11.3 Å². The van der Waals surface area contributed by atoms with E-state index in [4.69, 9.17) is 4.74 Å². The Morgan fingerprint density at radius 3 is 2.59 bits per heavy atom. The Bertz CT molecular complexity index is 755. The predicted octanol–water partition coefficient (Wildman–Crippen LogP) is 2.93. The number of piperazine rings is 1. The largest absolute Gasteiger partial charge is 0.494 e. The zero-order chi connectivity index (χ0) is 18.6. The van der Waals surface area contributed by atoms with Gasteiger partial charge < -0.3 is 9.64 Å². The highest BCUT2D eigenvalue weighted by Crippen LogP contribution is 2.48. The minimum Gasteiger partial charge on any atom is -0.494 e. The van der Waals surface area contributed by atoms with Gasteiger partial charge in [-0.3, -0.25) is 14.7 Å². The monoisotopic (exact) mass is 365 g/mol. The van der Waals surface area contributed by atoms with Gasteiger partial charge in [-0.05, 0) is 48.6 Å². The number of aromatic nitrogens is 1. The van der Waals surface area contributed by atoms with Crippen molar-refractivity contribution in [2.75, 3.05) is 32.8 Å². The summed E-state index contributed by atoms with van der Waals surface area (Å²) in [4.78, 5) is 21.4. The highest BCUT2D eigenvalue weighted by Gasteiger charge is 2.46. The first-order valence-corrected chi connectivity index (χ1v) is 9.87. The zero-order valence-electron chi connectivity index (χ0n) is 15.9. The van der Waals surface area contributed by atoms with Crippen LogP contribution in [0.15, 0.2) is 48.8 Å². The standard InChI is InChI=1S/C22H27N3O2/c1-2-27-19-7-5-17(6-8-19)16-24-10-12-25(13-11-24)22(26)21-14-20(21)18-4-3-9-23-15-18/h3-9,15,20-21H,2,10-14,16H2,1H3/t20-,21+/m1/s1. The summed E-state index contributed by atoms with van der Waals surface area (Å²) in [5.41, 5.74) is 2.49. The summed E-state index contributed by atoms with van der Waals surface area (Å²) in [6.07, 6.45) is 4.65. The van der Waals surface area contributed by atoms with E-state index < -0.39 is 0 Å². The molecule has 0 radical (unpaired) electrons. The van der Waals surface area contributed by atoms with Crippen molar-refractivity contribution in [3.8, 4) is 5.75 Å². The number of hydrogen-bond donors (Lipinski definition) is 0. The molecule has 1 aliphatic carbocycles. The summed E-state index contributed by atoms with van der Waals surface area (Å²) in [6.45, 7) is 7.13. The van der Waals surface area contributed by atoms with E-state index in [-0.39, 0.29) is 5.92 Å². The highest BCUT2D eigenvalue weighted by atomic mass is 16.5. The first-order valence-electron chi connectivity index (χ1n) is 9.87. The third-order valence-corrected chi connectivity index (χ3v) is 5.54. The van der Waals surface area contributed by atoms with E-state index in [0.29, 0.717) is 18.4 Å². The molecule has 1 saturated heterocycles. The second-order valence-electron chi connectivity index (χ2n) is 7.41. The molecule has 4 rings (SSSR count). The molecular formula is C22H27N3O2. The van der Waals surface area contributed by atoms with Gasteiger partial charge in [0.1, 0.15) is 5.75 Å². The average Bonchev–Trinajstić information content (AvgIpc) is 3.51. The molecule has 2 atom stereocenters. The van der Waals surface area contributed by atoms with E-state index in [1.807, 2.05) is 31.3 Å². The first-order chi connectivity index (χ1) is 13.2. The van der Waals surface area contributed by atoms with Crippen LogP contribution in [0.2, 0.25) is 0 Å². The average molecular weight is 365 g/mol. The highest BCUT2D eigenvalue weighted by molar-refractivity contribution is 5.83. The van der Waals surface area contributed by atoms with Crippen LogP contribution in [0.4, 0.5) is 0 Å². The van der Waals surface area contributed by atoms with E-state index >= 15 is 0 Å². The Balaban J connectivity index is 1.25. The fourth-order valence-electron chi connectivity index (χ4n) is 3.91. The van der Waals surface area contributed by atoms with Gasteiger partial charge in [0, 0.05) is 51.0 Å². The summed E-state index contributed by atoms with van der Waals surface area (Å²) >= 11 is 0. The predicted molar refractivity (Wildman–Crippen MR) is 105 cm³/mol. The van der Waals surface area contributed by atoms with Crippen molar-refractivity contribution in [1.29, 1.82) is 0 Å². The molecule has 0 spiro atoms. The second kappa shape index (κ2) is 8.09. The number of rotatable bonds is 6. The Hall–Kier alpha value is -2.40. The van der Waals surface area contributed by atoms with Gasteiger partial charge in [0.15, 0.2) is 0 Å². The number of pyridine rings is 1. The lowest BCUT2D eigenvalue weighted by Crippen LogP contribution is -2.48. The normalized spacial score (nSPS) is 22.5. The molecule has 0 bridgehead atoms. The first kappa shape index (κ1) is 18.0. The van der Waals surface area contributed by atoms with E-state index in [0.717, 1.165) is 44.9 Å². The lowest BCUT2D eigenvalue weighted by molar-refractivity contribution is -0.134. The van der Waals surface area contributed by atoms with Gasteiger partial charge in [-0.15, -0.1) is 0 Å². The summed E-state index contributed by atoms with van der Waals surface area (Å²) in [5.74, 6) is 1.77. The number of nitrogens with zero attached hydrogens (tertiary/aromatic N) is 3. The quantitative estimate of drug-likeness (QED) is 0.790. The van der Waals surface area contributed by atoms with Crippen molar-refractivity contribution < 1.29 is 9.53 Å². The molecule has 5 nitrogen and oxygen atoms in total. The third kappa shape index (κ3) is 4.30. The molecule has 2 fully saturated rings. The number of hydrogen-bond acceptors (Lipinski definition) is 4. The molecule has 0 unspecified atom stereocenters. The van der Waals surface area contributed by atoms with Crippen LogP contribution in [0.5, 0.6) is 5.75 Å². The maximum absolute atomic E-state index is 12.8. The lowest BCUT2D eigenvalue weighted by atomic mass is 10.1. The maximum Gasteiger partial charge on any atom is 0.226 e. The minimum atomic E-state index is 0.159. The molecule has 1 aromatic carbocycles. The van der Waals surface area contributed by atoms with E-state index in [9.17, 15) is 4.79 Å². The maximum atomic E-state index is 12.8. The Labute approximate surface area is 161 Å². The second-order valence-corrected chi connectivity index (χ2v) is 7.41. The van der Waals surface area contributed by atoms with Crippen LogP contribution in [-0.4, -0.2) is 53.5 Å². The van der Waals surface area contributed by atoms with Gasteiger partial charge in [-0.25, -0.2) is 0 Å². The molecule has 5 heteroatoms. The number of benzene rings is 1. The third-order valence-electron chi connectivity index (χ3n) is 5.54. The van der Waals surface area contributed by atoms with Gasteiger partial charge in [0.2, 0.25) is 5.91 Å². The van der Waals surface area contributed by atoms with Crippen LogP contribution in [0, 0.1) is 5.92 Å². The molecule has 1 aliphatic heterocycles.